The minimum absolute atomic E-state index is 0.294. The van der Waals surface area contributed by atoms with Crippen LogP contribution in [0, 0.1) is 6.92 Å². The molecule has 6 nitrogen and oxygen atoms in total. The summed E-state index contributed by atoms with van der Waals surface area (Å²) in [5.41, 5.74) is 5.62. The number of methoxy groups -OCH3 is 1. The summed E-state index contributed by atoms with van der Waals surface area (Å²) >= 11 is 12.8. The molecule has 0 aliphatic carbocycles. The molecular weight excluding hydrogens is 493 g/mol. The molecule has 0 amide bonds. The lowest BCUT2D eigenvalue weighted by Gasteiger charge is -2.27. The summed E-state index contributed by atoms with van der Waals surface area (Å²) < 4.78 is 9.50. The van der Waals surface area contributed by atoms with Gasteiger partial charge in [-0.3, -0.25) is 0 Å². The maximum atomic E-state index is 6.62. The smallest absolute Gasteiger partial charge is 0.222 e. The predicted molar refractivity (Wildman–Crippen MR) is 144 cm³/mol. The van der Waals surface area contributed by atoms with Gasteiger partial charge in [-0.1, -0.05) is 53.5 Å². The van der Waals surface area contributed by atoms with Gasteiger partial charge in [0.1, 0.15) is 11.4 Å². The van der Waals surface area contributed by atoms with Gasteiger partial charge in [0.25, 0.3) is 0 Å². The van der Waals surface area contributed by atoms with Crippen molar-refractivity contribution in [2.45, 2.75) is 26.3 Å². The van der Waals surface area contributed by atoms with Crippen LogP contribution in [-0.4, -0.2) is 31.4 Å². The largest absolute Gasteiger partial charge is 0.481 e. The Balaban J connectivity index is 1.70. The molecule has 0 unspecified atom stereocenters. The maximum absolute atomic E-state index is 6.62. The van der Waals surface area contributed by atoms with Gasteiger partial charge in [0.05, 0.1) is 40.9 Å². The number of aromatic nitrogens is 5. The van der Waals surface area contributed by atoms with Gasteiger partial charge in [-0.2, -0.15) is 5.10 Å². The normalized spacial score (nSPS) is 11.6. The van der Waals surface area contributed by atoms with Crippen molar-refractivity contribution in [1.29, 1.82) is 0 Å². The molecule has 0 saturated heterocycles. The fourth-order valence-corrected chi connectivity index (χ4v) is 4.85. The number of halogens is 2. The Morgan fingerprint density at radius 2 is 1.72 bits per heavy atom. The van der Waals surface area contributed by atoms with Gasteiger partial charge in [0, 0.05) is 23.0 Å². The quantitative estimate of drug-likeness (QED) is 0.239. The average Bonchev–Trinajstić information content (AvgIpc) is 3.50. The van der Waals surface area contributed by atoms with Gasteiger partial charge >= 0.3 is 0 Å². The first-order valence-corrected chi connectivity index (χ1v) is 12.2. The van der Waals surface area contributed by atoms with Gasteiger partial charge in [-0.05, 0) is 56.7 Å². The molecule has 3 aromatic heterocycles. The van der Waals surface area contributed by atoms with E-state index >= 15 is 0 Å². The van der Waals surface area contributed by atoms with E-state index in [0.29, 0.717) is 21.6 Å². The molecule has 0 bridgehead atoms. The molecule has 2 aromatic carbocycles. The van der Waals surface area contributed by atoms with Crippen molar-refractivity contribution in [1.82, 2.24) is 24.3 Å². The highest BCUT2D eigenvalue weighted by atomic mass is 35.5. The third-order valence-corrected chi connectivity index (χ3v) is 6.97. The first-order valence-electron chi connectivity index (χ1n) is 11.5. The molecule has 5 aromatic rings. The van der Waals surface area contributed by atoms with Crippen LogP contribution in [0.3, 0.4) is 0 Å². The third kappa shape index (κ3) is 4.16. The monoisotopic (exact) mass is 517 g/mol. The van der Waals surface area contributed by atoms with Gasteiger partial charge in [-0.15, -0.1) is 0 Å². The van der Waals surface area contributed by atoms with Gasteiger partial charge < -0.3 is 9.30 Å². The van der Waals surface area contributed by atoms with E-state index in [4.69, 9.17) is 38.0 Å². The minimum Gasteiger partial charge on any atom is -0.481 e. The highest BCUT2D eigenvalue weighted by Crippen LogP contribution is 2.39. The first-order chi connectivity index (χ1) is 17.3. The molecule has 3 heterocycles. The Morgan fingerprint density at radius 3 is 2.44 bits per heavy atom. The fraction of sp³-hybridized carbons (Fsp3) is 0.179. The van der Waals surface area contributed by atoms with Gasteiger partial charge in [0.15, 0.2) is 0 Å². The zero-order chi connectivity index (χ0) is 25.4. The van der Waals surface area contributed by atoms with Crippen LogP contribution in [0.25, 0.3) is 28.3 Å². The van der Waals surface area contributed by atoms with Crippen molar-refractivity contribution in [2.24, 2.45) is 0 Å². The number of imidazole rings is 1. The van der Waals surface area contributed by atoms with E-state index in [1.165, 1.54) is 5.56 Å². The zero-order valence-corrected chi connectivity index (χ0v) is 21.9. The highest BCUT2D eigenvalue weighted by Gasteiger charge is 2.27. The number of rotatable bonds is 6. The Bertz CT molecular complexity index is 1540. The van der Waals surface area contributed by atoms with E-state index in [9.17, 15) is 0 Å². The van der Waals surface area contributed by atoms with E-state index in [0.717, 1.165) is 28.2 Å². The Kier molecular flexibility index (Phi) is 6.33. The number of benzene rings is 2. The third-order valence-electron chi connectivity index (χ3n) is 6.43. The van der Waals surface area contributed by atoms with Crippen LogP contribution in [0.2, 0.25) is 10.0 Å². The summed E-state index contributed by atoms with van der Waals surface area (Å²) in [6.45, 7) is 6.35. The lowest BCUT2D eigenvalue weighted by molar-refractivity contribution is 0.399. The Hall–Kier alpha value is -3.61. The highest BCUT2D eigenvalue weighted by molar-refractivity contribution is 6.35. The van der Waals surface area contributed by atoms with E-state index in [1.54, 1.807) is 25.4 Å². The van der Waals surface area contributed by atoms with Crippen LogP contribution in [0.4, 0.5) is 0 Å². The van der Waals surface area contributed by atoms with E-state index in [-0.39, 0.29) is 5.54 Å². The number of pyridine rings is 1. The summed E-state index contributed by atoms with van der Waals surface area (Å²) in [6.07, 6.45) is 5.57. The predicted octanol–water partition coefficient (Wildman–Crippen LogP) is 7.21. The Labute approximate surface area is 220 Å². The van der Waals surface area contributed by atoms with E-state index in [1.807, 2.05) is 60.5 Å². The average molecular weight is 518 g/mol. The number of hydrogen-bond acceptors (Lipinski definition) is 4. The second-order valence-corrected chi connectivity index (χ2v) is 9.82. The molecule has 0 atom stereocenters. The fourth-order valence-electron chi connectivity index (χ4n) is 4.36. The molecule has 0 spiro atoms. The number of nitrogens with zero attached hydrogens (tertiary/aromatic N) is 5. The maximum Gasteiger partial charge on any atom is 0.222 e. The SMILES string of the molecule is COc1ncccc1-c1c(C)c(-c2cn(C(C)(C)c3ccccc3)cn2)nn1-c1ccc(Cl)cc1Cl. The van der Waals surface area contributed by atoms with Crippen LogP contribution in [0.1, 0.15) is 25.0 Å². The standard InChI is InChI=1S/C28H25Cl2N5O/c1-18-25(23-16-34(17-32-23)28(2,3)19-9-6-5-7-10-19)33-35(24-13-12-20(29)15-22(24)30)26(18)21-11-8-14-31-27(21)36-4/h5-17H,1-4H3. The van der Waals surface area contributed by atoms with Crippen molar-refractivity contribution >= 4 is 23.2 Å². The minimum atomic E-state index is -0.294. The van der Waals surface area contributed by atoms with Crippen LogP contribution < -0.4 is 4.74 Å². The summed E-state index contributed by atoms with van der Waals surface area (Å²) in [4.78, 5) is 9.15. The molecule has 0 aliphatic rings. The van der Waals surface area contributed by atoms with E-state index < -0.39 is 0 Å². The lowest BCUT2D eigenvalue weighted by Crippen LogP contribution is -2.26. The van der Waals surface area contributed by atoms with Gasteiger partial charge in [0.2, 0.25) is 5.88 Å². The number of ether oxygens (including phenoxy) is 1. The summed E-state index contributed by atoms with van der Waals surface area (Å²) in [5.74, 6) is 0.495. The molecule has 0 fully saturated rings. The van der Waals surface area contributed by atoms with Crippen molar-refractivity contribution in [2.75, 3.05) is 7.11 Å². The second kappa shape index (κ2) is 9.45. The lowest BCUT2D eigenvalue weighted by atomic mass is 9.94. The molecule has 5 rings (SSSR count). The van der Waals surface area contributed by atoms with Crippen LogP contribution >= 0.6 is 23.2 Å². The zero-order valence-electron chi connectivity index (χ0n) is 20.4. The van der Waals surface area contributed by atoms with Crippen molar-refractivity contribution in [3.8, 4) is 34.2 Å². The summed E-state index contributed by atoms with van der Waals surface area (Å²) in [7, 11) is 1.60. The molecule has 182 valence electrons. The molecular formula is C28H25Cl2N5O. The topological polar surface area (TPSA) is 57.8 Å². The molecule has 0 radical (unpaired) electrons. The molecule has 0 aliphatic heterocycles. The van der Waals surface area contributed by atoms with Gasteiger partial charge in [-0.25, -0.2) is 14.6 Å². The van der Waals surface area contributed by atoms with Crippen molar-refractivity contribution in [3.05, 3.63) is 101 Å². The van der Waals surface area contributed by atoms with Crippen LogP contribution in [0.5, 0.6) is 5.88 Å². The molecule has 36 heavy (non-hydrogen) atoms. The number of hydrogen-bond donors (Lipinski definition) is 0. The molecule has 0 saturated carbocycles. The molecule has 8 heteroatoms. The van der Waals surface area contributed by atoms with Crippen LogP contribution in [0.15, 0.2) is 79.4 Å². The first kappa shape index (κ1) is 24.1. The van der Waals surface area contributed by atoms with E-state index in [2.05, 4.69) is 35.5 Å². The van der Waals surface area contributed by atoms with Crippen molar-refractivity contribution < 1.29 is 4.74 Å². The second-order valence-electron chi connectivity index (χ2n) is 8.98. The summed E-state index contributed by atoms with van der Waals surface area (Å²) in [6, 6.07) is 19.5. The molecule has 0 N–H and O–H groups in total. The van der Waals surface area contributed by atoms with Crippen LogP contribution in [-0.2, 0) is 5.54 Å². The Morgan fingerprint density at radius 1 is 0.944 bits per heavy atom. The summed E-state index contributed by atoms with van der Waals surface area (Å²) in [5, 5.41) is 6.02. The van der Waals surface area contributed by atoms with Crippen molar-refractivity contribution in [3.63, 3.8) is 0 Å².